The summed E-state index contributed by atoms with van der Waals surface area (Å²) in [6.45, 7) is 9.56. The number of hydrogen-bond donors (Lipinski definition) is 0. The molecule has 0 fully saturated rings. The molecule has 0 aliphatic heterocycles. The van der Waals surface area contributed by atoms with Gasteiger partial charge in [0.05, 0.1) is 6.10 Å². The quantitative estimate of drug-likeness (QED) is 0.488. The van der Waals surface area contributed by atoms with Gasteiger partial charge in [-0.05, 0) is 13.8 Å². The monoisotopic (exact) mass is 216 g/mol. The van der Waals surface area contributed by atoms with Crippen molar-refractivity contribution in [2.45, 2.75) is 79.2 Å². The van der Waals surface area contributed by atoms with Crippen molar-refractivity contribution < 1.29 is 9.53 Å². The van der Waals surface area contributed by atoms with E-state index in [4.69, 9.17) is 0 Å². The van der Waals surface area contributed by atoms with Crippen LogP contribution in [0.2, 0.25) is 0 Å². The summed E-state index contributed by atoms with van der Waals surface area (Å²) in [5, 5.41) is 0. The summed E-state index contributed by atoms with van der Waals surface area (Å²) in [4.78, 5) is 10.0. The van der Waals surface area contributed by atoms with Crippen molar-refractivity contribution in [2.75, 3.05) is 0 Å². The minimum Gasteiger partial charge on any atom is -0.463 e. The first kappa shape index (κ1) is 16.9. The Morgan fingerprint density at radius 1 is 1.00 bits per heavy atom. The van der Waals surface area contributed by atoms with Crippen LogP contribution in [0, 0.1) is 0 Å². The molecular formula is C13H28O2. The predicted octanol–water partition coefficient (Wildman–Crippen LogP) is 4.32. The van der Waals surface area contributed by atoms with Crippen LogP contribution in [-0.2, 0) is 9.53 Å². The van der Waals surface area contributed by atoms with E-state index in [-0.39, 0.29) is 12.1 Å². The van der Waals surface area contributed by atoms with Crippen LogP contribution in [0.5, 0.6) is 0 Å². The fraction of sp³-hybridized carbons (Fsp3) is 0.923. The lowest BCUT2D eigenvalue weighted by Crippen LogP contribution is -2.06. The van der Waals surface area contributed by atoms with E-state index < -0.39 is 0 Å². The number of rotatable bonds is 6. The SMILES string of the molecule is CC(=O)OC(C)C.CCCCCCCC. The van der Waals surface area contributed by atoms with Crippen molar-refractivity contribution in [2.24, 2.45) is 0 Å². The Morgan fingerprint density at radius 3 is 1.53 bits per heavy atom. The van der Waals surface area contributed by atoms with E-state index in [0.29, 0.717) is 0 Å². The average Bonchev–Trinajstić information content (AvgIpc) is 2.11. The van der Waals surface area contributed by atoms with Crippen molar-refractivity contribution in [3.63, 3.8) is 0 Å². The third-order valence-electron chi connectivity index (χ3n) is 1.86. The highest BCUT2D eigenvalue weighted by molar-refractivity contribution is 5.66. The average molecular weight is 216 g/mol. The summed E-state index contributed by atoms with van der Waals surface area (Å²) in [5.74, 6) is -0.213. The second-order valence-corrected chi connectivity index (χ2v) is 4.07. The maximum absolute atomic E-state index is 10.0. The van der Waals surface area contributed by atoms with Crippen molar-refractivity contribution in [3.8, 4) is 0 Å². The third-order valence-corrected chi connectivity index (χ3v) is 1.86. The first-order valence-corrected chi connectivity index (χ1v) is 6.21. The number of carbonyl (C=O) groups is 1. The van der Waals surface area contributed by atoms with Gasteiger partial charge in [-0.1, -0.05) is 52.4 Å². The Labute approximate surface area is 95.4 Å². The molecule has 0 aromatic rings. The molecule has 0 unspecified atom stereocenters. The molecule has 0 radical (unpaired) electrons. The minimum absolute atomic E-state index is 0.0255. The van der Waals surface area contributed by atoms with Crippen LogP contribution in [-0.4, -0.2) is 12.1 Å². The van der Waals surface area contributed by atoms with E-state index >= 15 is 0 Å². The molecule has 0 N–H and O–H groups in total. The predicted molar refractivity (Wildman–Crippen MR) is 66.0 cm³/mol. The lowest BCUT2D eigenvalue weighted by atomic mass is 10.1. The first-order valence-electron chi connectivity index (χ1n) is 6.21. The third kappa shape index (κ3) is 24.7. The Balaban J connectivity index is 0. The molecule has 0 atom stereocenters. The van der Waals surface area contributed by atoms with Gasteiger partial charge >= 0.3 is 5.97 Å². The van der Waals surface area contributed by atoms with Crippen molar-refractivity contribution in [1.82, 2.24) is 0 Å². The van der Waals surface area contributed by atoms with Gasteiger partial charge in [0, 0.05) is 6.92 Å². The van der Waals surface area contributed by atoms with Crippen molar-refractivity contribution in [3.05, 3.63) is 0 Å². The summed E-state index contributed by atoms with van der Waals surface area (Å²) < 4.78 is 4.61. The molecule has 2 nitrogen and oxygen atoms in total. The molecule has 0 bridgehead atoms. The molecule has 2 heteroatoms. The first-order chi connectivity index (χ1) is 7.04. The van der Waals surface area contributed by atoms with E-state index in [9.17, 15) is 4.79 Å². The molecule has 0 rings (SSSR count). The molecule has 0 aromatic heterocycles. The maximum Gasteiger partial charge on any atom is 0.302 e. The van der Waals surface area contributed by atoms with Crippen LogP contribution >= 0.6 is 0 Å². The topological polar surface area (TPSA) is 26.3 Å². The number of unbranched alkanes of at least 4 members (excludes halogenated alkanes) is 5. The molecule has 92 valence electrons. The van der Waals surface area contributed by atoms with E-state index in [1.165, 1.54) is 45.4 Å². The van der Waals surface area contributed by atoms with Crippen LogP contribution in [0.1, 0.15) is 73.1 Å². The number of hydrogen-bond acceptors (Lipinski definition) is 2. The Kier molecular flexibility index (Phi) is 15.2. The van der Waals surface area contributed by atoms with Crippen molar-refractivity contribution in [1.29, 1.82) is 0 Å². The Bertz CT molecular complexity index is 124. The van der Waals surface area contributed by atoms with Gasteiger partial charge in [0.2, 0.25) is 0 Å². The van der Waals surface area contributed by atoms with Crippen LogP contribution in [0.15, 0.2) is 0 Å². The highest BCUT2D eigenvalue weighted by Crippen LogP contribution is 2.03. The lowest BCUT2D eigenvalue weighted by Gasteiger charge is -2.01. The summed E-state index contributed by atoms with van der Waals surface area (Å²) in [7, 11) is 0. The molecule has 0 saturated carbocycles. The van der Waals surface area contributed by atoms with Gasteiger partial charge in [0.25, 0.3) is 0 Å². The fourth-order valence-electron chi connectivity index (χ4n) is 1.19. The van der Waals surface area contributed by atoms with Crippen LogP contribution in [0.3, 0.4) is 0 Å². The summed E-state index contributed by atoms with van der Waals surface area (Å²) in [5.41, 5.74) is 0. The van der Waals surface area contributed by atoms with Gasteiger partial charge in [-0.25, -0.2) is 0 Å². The second kappa shape index (κ2) is 13.5. The van der Waals surface area contributed by atoms with Crippen LogP contribution in [0.25, 0.3) is 0 Å². The largest absolute Gasteiger partial charge is 0.463 e. The number of ether oxygens (including phenoxy) is 1. The zero-order valence-electron chi connectivity index (χ0n) is 11.1. The molecule has 0 spiro atoms. The number of esters is 1. The normalized spacial score (nSPS) is 9.47. The standard InChI is InChI=1S/C8H18.C5H10O2/c1-3-5-7-8-6-4-2;1-4(2)7-5(3)6/h3-8H2,1-2H3;4H,1-3H3. The van der Waals surface area contributed by atoms with E-state index in [2.05, 4.69) is 18.6 Å². The van der Waals surface area contributed by atoms with E-state index in [1.54, 1.807) is 0 Å². The highest BCUT2D eigenvalue weighted by Gasteiger charge is 1.93. The van der Waals surface area contributed by atoms with Gasteiger partial charge in [-0.15, -0.1) is 0 Å². The molecular weight excluding hydrogens is 188 g/mol. The van der Waals surface area contributed by atoms with Gasteiger partial charge in [-0.3, -0.25) is 4.79 Å². The molecule has 0 amide bonds. The Morgan fingerprint density at radius 2 is 1.40 bits per heavy atom. The molecule has 0 aromatic carbocycles. The van der Waals surface area contributed by atoms with Gasteiger partial charge in [0.1, 0.15) is 0 Å². The van der Waals surface area contributed by atoms with Gasteiger partial charge < -0.3 is 4.74 Å². The highest BCUT2D eigenvalue weighted by atomic mass is 16.5. The number of carbonyl (C=O) groups excluding carboxylic acids is 1. The lowest BCUT2D eigenvalue weighted by molar-refractivity contribution is -0.144. The molecule has 15 heavy (non-hydrogen) atoms. The zero-order valence-corrected chi connectivity index (χ0v) is 11.1. The minimum atomic E-state index is -0.213. The summed E-state index contributed by atoms with van der Waals surface area (Å²) in [6, 6.07) is 0. The smallest absolute Gasteiger partial charge is 0.302 e. The van der Waals surface area contributed by atoms with Crippen LogP contribution < -0.4 is 0 Å². The fourth-order valence-corrected chi connectivity index (χ4v) is 1.19. The van der Waals surface area contributed by atoms with Crippen LogP contribution in [0.4, 0.5) is 0 Å². The second-order valence-electron chi connectivity index (χ2n) is 4.07. The Hall–Kier alpha value is -0.530. The zero-order chi connectivity index (χ0) is 12.1. The van der Waals surface area contributed by atoms with E-state index in [0.717, 1.165) is 0 Å². The van der Waals surface area contributed by atoms with Gasteiger partial charge in [-0.2, -0.15) is 0 Å². The van der Waals surface area contributed by atoms with E-state index in [1.807, 2.05) is 13.8 Å². The molecule has 0 aliphatic carbocycles. The van der Waals surface area contributed by atoms with Crippen molar-refractivity contribution >= 4 is 5.97 Å². The summed E-state index contributed by atoms with van der Waals surface area (Å²) in [6.07, 6.45) is 8.51. The molecule has 0 heterocycles. The molecule has 0 saturated heterocycles. The van der Waals surface area contributed by atoms with Gasteiger partial charge in [0.15, 0.2) is 0 Å². The summed E-state index contributed by atoms with van der Waals surface area (Å²) >= 11 is 0. The maximum atomic E-state index is 10.0. The molecule has 0 aliphatic rings.